The van der Waals surface area contributed by atoms with Crippen LogP contribution in [0.2, 0.25) is 0 Å². The Labute approximate surface area is 60.5 Å². The molecule has 0 radical (unpaired) electrons. The van der Waals surface area contributed by atoms with Crippen LogP contribution in [0.3, 0.4) is 0 Å². The SMILES string of the molecule is C=CCON(C=O)CC=C. The lowest BCUT2D eigenvalue weighted by atomic mass is 10.6. The summed E-state index contributed by atoms with van der Waals surface area (Å²) in [4.78, 5) is 15.0. The highest BCUT2D eigenvalue weighted by Gasteiger charge is 1.94. The van der Waals surface area contributed by atoms with Gasteiger partial charge in [0, 0.05) is 0 Å². The molecule has 0 aromatic rings. The van der Waals surface area contributed by atoms with Crippen LogP contribution in [0.4, 0.5) is 0 Å². The lowest BCUT2D eigenvalue weighted by Crippen LogP contribution is -2.22. The molecule has 0 unspecified atom stereocenters. The lowest BCUT2D eigenvalue weighted by molar-refractivity contribution is -0.163. The number of hydrogen-bond donors (Lipinski definition) is 0. The fraction of sp³-hybridized carbons (Fsp3) is 0.286. The van der Waals surface area contributed by atoms with Gasteiger partial charge < -0.3 is 0 Å². The Morgan fingerprint density at radius 1 is 1.40 bits per heavy atom. The highest BCUT2D eigenvalue weighted by atomic mass is 16.7. The summed E-state index contributed by atoms with van der Waals surface area (Å²) < 4.78 is 0. The maximum Gasteiger partial charge on any atom is 0.233 e. The van der Waals surface area contributed by atoms with Crippen molar-refractivity contribution in [2.45, 2.75) is 0 Å². The van der Waals surface area contributed by atoms with Crippen molar-refractivity contribution in [2.24, 2.45) is 0 Å². The van der Waals surface area contributed by atoms with E-state index in [4.69, 9.17) is 4.84 Å². The van der Waals surface area contributed by atoms with E-state index in [9.17, 15) is 4.79 Å². The van der Waals surface area contributed by atoms with Gasteiger partial charge in [-0.3, -0.25) is 9.63 Å². The fourth-order valence-electron chi connectivity index (χ4n) is 0.402. The standard InChI is InChI=1S/C7H11NO2/c1-3-5-8(7-9)10-6-4-2/h3-4,7H,1-2,5-6H2. The highest BCUT2D eigenvalue weighted by Crippen LogP contribution is 1.85. The summed E-state index contributed by atoms with van der Waals surface area (Å²) in [6.45, 7) is 7.62. The molecule has 3 heteroatoms. The molecule has 0 fully saturated rings. The van der Waals surface area contributed by atoms with Crippen LogP contribution < -0.4 is 0 Å². The Bertz CT molecular complexity index is 123. The Morgan fingerprint density at radius 3 is 2.50 bits per heavy atom. The molecule has 0 saturated heterocycles. The lowest BCUT2D eigenvalue weighted by Gasteiger charge is -2.12. The zero-order valence-corrected chi connectivity index (χ0v) is 5.82. The maximum atomic E-state index is 10.1. The van der Waals surface area contributed by atoms with E-state index < -0.39 is 0 Å². The van der Waals surface area contributed by atoms with Crippen molar-refractivity contribution in [2.75, 3.05) is 13.2 Å². The third-order valence-corrected chi connectivity index (χ3v) is 0.785. The molecule has 0 spiro atoms. The molecule has 0 aliphatic rings. The number of nitrogens with zero attached hydrogens (tertiary/aromatic N) is 1. The van der Waals surface area contributed by atoms with E-state index >= 15 is 0 Å². The largest absolute Gasteiger partial charge is 0.276 e. The van der Waals surface area contributed by atoms with Gasteiger partial charge in [-0.05, 0) is 0 Å². The first kappa shape index (κ1) is 8.91. The molecular formula is C7H11NO2. The second-order valence-electron chi connectivity index (χ2n) is 1.58. The third kappa shape index (κ3) is 3.86. The Balaban J connectivity index is 3.47. The minimum atomic E-state index is 0.340. The van der Waals surface area contributed by atoms with Crippen LogP contribution >= 0.6 is 0 Å². The van der Waals surface area contributed by atoms with Crippen molar-refractivity contribution in [1.82, 2.24) is 5.06 Å². The van der Waals surface area contributed by atoms with Crippen LogP contribution in [0.25, 0.3) is 0 Å². The molecule has 0 aromatic carbocycles. The summed E-state index contributed by atoms with van der Waals surface area (Å²) in [5.74, 6) is 0. The van der Waals surface area contributed by atoms with Crippen LogP contribution in [0, 0.1) is 0 Å². The molecule has 0 atom stereocenters. The van der Waals surface area contributed by atoms with Gasteiger partial charge in [-0.1, -0.05) is 12.2 Å². The summed E-state index contributed by atoms with van der Waals surface area (Å²) in [5, 5.41) is 1.15. The molecule has 0 aromatic heterocycles. The number of carbonyl (C=O) groups is 1. The second kappa shape index (κ2) is 6.04. The third-order valence-electron chi connectivity index (χ3n) is 0.785. The van der Waals surface area contributed by atoms with Crippen molar-refractivity contribution in [3.8, 4) is 0 Å². The number of hydroxylamine groups is 2. The summed E-state index contributed by atoms with van der Waals surface area (Å²) in [5.41, 5.74) is 0. The molecule has 0 saturated carbocycles. The van der Waals surface area contributed by atoms with Crippen molar-refractivity contribution >= 4 is 6.41 Å². The number of carbonyl (C=O) groups excluding carboxylic acids is 1. The van der Waals surface area contributed by atoms with Gasteiger partial charge in [0.25, 0.3) is 0 Å². The topological polar surface area (TPSA) is 29.5 Å². The minimum Gasteiger partial charge on any atom is -0.276 e. The molecule has 1 amide bonds. The Hall–Kier alpha value is -1.09. The zero-order chi connectivity index (χ0) is 7.82. The summed E-state index contributed by atoms with van der Waals surface area (Å²) in [6, 6.07) is 0. The molecule has 56 valence electrons. The molecule has 0 rings (SSSR count). The number of amides is 1. The second-order valence-corrected chi connectivity index (χ2v) is 1.58. The molecular weight excluding hydrogens is 130 g/mol. The highest BCUT2D eigenvalue weighted by molar-refractivity contribution is 5.45. The first-order valence-electron chi connectivity index (χ1n) is 2.91. The average molecular weight is 141 g/mol. The maximum absolute atomic E-state index is 10.1. The van der Waals surface area contributed by atoms with E-state index in [0.717, 1.165) is 5.06 Å². The number of hydrogen-bond acceptors (Lipinski definition) is 2. The molecule has 0 bridgehead atoms. The van der Waals surface area contributed by atoms with Crippen LogP contribution in [0.15, 0.2) is 25.3 Å². The molecule has 10 heavy (non-hydrogen) atoms. The first-order chi connectivity index (χ1) is 4.85. The summed E-state index contributed by atoms with van der Waals surface area (Å²) in [6.07, 6.45) is 3.75. The van der Waals surface area contributed by atoms with Crippen molar-refractivity contribution in [3.05, 3.63) is 25.3 Å². The molecule has 0 aliphatic heterocycles. The van der Waals surface area contributed by atoms with Gasteiger partial charge in [0.1, 0.15) is 0 Å². The molecule has 3 nitrogen and oxygen atoms in total. The minimum absolute atomic E-state index is 0.340. The smallest absolute Gasteiger partial charge is 0.233 e. The monoisotopic (exact) mass is 141 g/mol. The summed E-state index contributed by atoms with van der Waals surface area (Å²) >= 11 is 0. The first-order valence-corrected chi connectivity index (χ1v) is 2.91. The van der Waals surface area contributed by atoms with Gasteiger partial charge in [0.05, 0.1) is 13.2 Å². The normalized spacial score (nSPS) is 8.40. The number of rotatable bonds is 6. The zero-order valence-electron chi connectivity index (χ0n) is 5.82. The van der Waals surface area contributed by atoms with E-state index in [-0.39, 0.29) is 0 Å². The van der Waals surface area contributed by atoms with Crippen LogP contribution in [-0.4, -0.2) is 24.6 Å². The molecule has 0 aliphatic carbocycles. The quantitative estimate of drug-likeness (QED) is 0.310. The molecule has 0 heterocycles. The van der Waals surface area contributed by atoms with Gasteiger partial charge in [-0.25, -0.2) is 5.06 Å². The van der Waals surface area contributed by atoms with Gasteiger partial charge >= 0.3 is 0 Å². The predicted molar refractivity (Wildman–Crippen MR) is 39.1 cm³/mol. The van der Waals surface area contributed by atoms with E-state index in [1.807, 2.05) is 0 Å². The Kier molecular flexibility index (Phi) is 5.38. The van der Waals surface area contributed by atoms with E-state index in [1.165, 1.54) is 0 Å². The van der Waals surface area contributed by atoms with Crippen LogP contribution in [-0.2, 0) is 9.63 Å². The van der Waals surface area contributed by atoms with Crippen LogP contribution in [0.1, 0.15) is 0 Å². The van der Waals surface area contributed by atoms with Crippen LogP contribution in [0.5, 0.6) is 0 Å². The van der Waals surface area contributed by atoms with Crippen molar-refractivity contribution in [1.29, 1.82) is 0 Å². The van der Waals surface area contributed by atoms with Gasteiger partial charge in [-0.2, -0.15) is 0 Å². The van der Waals surface area contributed by atoms with E-state index in [0.29, 0.717) is 19.6 Å². The van der Waals surface area contributed by atoms with E-state index in [1.54, 1.807) is 12.2 Å². The van der Waals surface area contributed by atoms with Gasteiger partial charge in [-0.15, -0.1) is 13.2 Å². The fourth-order valence-corrected chi connectivity index (χ4v) is 0.402. The van der Waals surface area contributed by atoms with Gasteiger partial charge in [0.2, 0.25) is 6.41 Å². The van der Waals surface area contributed by atoms with E-state index in [2.05, 4.69) is 13.2 Å². The predicted octanol–water partition coefficient (Wildman–Crippen LogP) is 0.748. The van der Waals surface area contributed by atoms with Crippen molar-refractivity contribution < 1.29 is 9.63 Å². The molecule has 0 N–H and O–H groups in total. The summed E-state index contributed by atoms with van der Waals surface area (Å²) in [7, 11) is 0. The Morgan fingerprint density at radius 2 is 2.10 bits per heavy atom. The van der Waals surface area contributed by atoms with Crippen molar-refractivity contribution in [3.63, 3.8) is 0 Å². The average Bonchev–Trinajstić information content (AvgIpc) is 1.98. The van der Waals surface area contributed by atoms with Gasteiger partial charge in [0.15, 0.2) is 0 Å².